The molecule has 9 heteroatoms. The maximum Gasteiger partial charge on any atom is 0.262 e. The van der Waals surface area contributed by atoms with E-state index in [-0.39, 0.29) is 24.2 Å². The number of benzene rings is 3. The molecule has 0 radical (unpaired) electrons. The van der Waals surface area contributed by atoms with Gasteiger partial charge in [0.15, 0.2) is 0 Å². The Morgan fingerprint density at radius 2 is 1.78 bits per heavy atom. The third-order valence-electron chi connectivity index (χ3n) is 8.78. The van der Waals surface area contributed by atoms with Crippen LogP contribution in [0.2, 0.25) is 5.02 Å². The van der Waals surface area contributed by atoms with E-state index in [4.69, 9.17) is 27.1 Å². The topological polar surface area (TPSA) is 99.2 Å². The number of aromatic nitrogens is 2. The number of carbonyl (C=O) groups is 2. The molecule has 2 aromatic heterocycles. The molecule has 1 unspecified atom stereocenters. The lowest BCUT2D eigenvalue weighted by Crippen LogP contribution is -2.24. The normalized spacial score (nSPS) is 13.2. The lowest BCUT2D eigenvalue weighted by molar-refractivity contribution is -0.117. The number of nitrogens with one attached hydrogen (secondary N) is 1. The van der Waals surface area contributed by atoms with Crippen LogP contribution in [0.15, 0.2) is 66.7 Å². The highest BCUT2D eigenvalue weighted by Gasteiger charge is 2.31. The number of hydrogen-bond donors (Lipinski definition) is 2. The molecule has 6 rings (SSSR count). The smallest absolute Gasteiger partial charge is 0.262 e. The van der Waals surface area contributed by atoms with Gasteiger partial charge >= 0.3 is 0 Å². The molecule has 0 fully saturated rings. The Morgan fingerprint density at radius 3 is 2.53 bits per heavy atom. The number of nitrogens with zero attached hydrogens (tertiary/aromatic N) is 2. The number of nitrogens with two attached hydrogens (primary N) is 1. The zero-order chi connectivity index (χ0) is 30.8. The molecule has 0 bridgehead atoms. The van der Waals surface area contributed by atoms with Crippen molar-refractivity contribution < 1.29 is 14.3 Å². The summed E-state index contributed by atoms with van der Waals surface area (Å²) >= 11 is 6.12. The standard InChI is InChI=1S/C36H37ClN4O3.ClH/c1-22-33(29-21-25(44-2)18-19-32(29)41(22)36(43)23-14-16-24(37)17-15-23)28(11-7-8-20-38)35(42)40-34-26-9-3-5-12-30(26)39-31-13-6-4-10-27(31)34;/h3,5,9,12,14-19,21,28H,4,6-8,10-11,13,20,38H2,1-2H3,(H,39,40,42);1H. The molecule has 0 aliphatic heterocycles. The summed E-state index contributed by atoms with van der Waals surface area (Å²) in [6.07, 6.45) is 6.09. The van der Waals surface area contributed by atoms with Gasteiger partial charge in [-0.15, -0.1) is 12.4 Å². The minimum Gasteiger partial charge on any atom is -0.497 e. The van der Waals surface area contributed by atoms with E-state index < -0.39 is 5.92 Å². The van der Waals surface area contributed by atoms with Crippen molar-refractivity contribution >= 4 is 63.3 Å². The Labute approximate surface area is 274 Å². The second-order valence-corrected chi connectivity index (χ2v) is 11.9. The second kappa shape index (κ2) is 14.0. The maximum absolute atomic E-state index is 14.6. The van der Waals surface area contributed by atoms with Crippen LogP contribution >= 0.6 is 24.0 Å². The van der Waals surface area contributed by atoms with Crippen LogP contribution in [0.4, 0.5) is 5.69 Å². The number of halogens is 2. The van der Waals surface area contributed by atoms with E-state index in [0.29, 0.717) is 29.3 Å². The molecule has 0 saturated carbocycles. The highest BCUT2D eigenvalue weighted by atomic mass is 35.5. The number of hydrogen-bond acceptors (Lipinski definition) is 5. The summed E-state index contributed by atoms with van der Waals surface area (Å²) < 4.78 is 7.31. The van der Waals surface area contributed by atoms with E-state index in [1.54, 1.807) is 35.9 Å². The monoisotopic (exact) mass is 644 g/mol. The fourth-order valence-electron chi connectivity index (χ4n) is 6.60. The largest absolute Gasteiger partial charge is 0.497 e. The lowest BCUT2D eigenvalue weighted by atomic mass is 9.89. The van der Waals surface area contributed by atoms with Crippen LogP contribution in [-0.2, 0) is 17.6 Å². The first-order valence-corrected chi connectivity index (χ1v) is 15.7. The first-order valence-electron chi connectivity index (χ1n) is 15.3. The van der Waals surface area contributed by atoms with Gasteiger partial charge in [-0.05, 0) is 112 Å². The number of para-hydroxylation sites is 1. The third kappa shape index (κ3) is 6.30. The SMILES string of the molecule is COc1ccc2c(c1)c(C(CCCCN)C(=O)Nc1c3c(nc4ccccc14)CCCC3)c(C)n2C(=O)c1ccc(Cl)cc1.Cl. The van der Waals surface area contributed by atoms with E-state index >= 15 is 0 Å². The Hall–Kier alpha value is -3.91. The highest BCUT2D eigenvalue weighted by Crippen LogP contribution is 2.39. The van der Waals surface area contributed by atoms with E-state index in [1.807, 2.05) is 49.4 Å². The predicted octanol–water partition coefficient (Wildman–Crippen LogP) is 8.00. The minimum absolute atomic E-state index is 0. The molecular weight excluding hydrogens is 607 g/mol. The van der Waals surface area contributed by atoms with Gasteiger partial charge in [-0.1, -0.05) is 36.2 Å². The van der Waals surface area contributed by atoms with Gasteiger partial charge in [0.25, 0.3) is 5.91 Å². The number of methoxy groups -OCH3 is 1. The highest BCUT2D eigenvalue weighted by molar-refractivity contribution is 6.30. The molecule has 45 heavy (non-hydrogen) atoms. The number of rotatable bonds is 9. The number of pyridine rings is 1. The first kappa shape index (κ1) is 32.5. The fraction of sp³-hybridized carbons (Fsp3) is 0.306. The molecule has 1 aliphatic rings. The summed E-state index contributed by atoms with van der Waals surface area (Å²) in [7, 11) is 1.62. The molecule has 1 atom stereocenters. The number of anilines is 1. The van der Waals surface area contributed by atoms with E-state index in [9.17, 15) is 9.59 Å². The summed E-state index contributed by atoms with van der Waals surface area (Å²) in [6, 6.07) is 20.5. The maximum atomic E-state index is 14.6. The van der Waals surface area contributed by atoms with Crippen LogP contribution in [0.3, 0.4) is 0 Å². The van der Waals surface area contributed by atoms with Gasteiger partial charge in [0.1, 0.15) is 5.75 Å². The summed E-state index contributed by atoms with van der Waals surface area (Å²) in [5.41, 5.74) is 12.6. The van der Waals surface area contributed by atoms with Crippen molar-refractivity contribution in [3.63, 3.8) is 0 Å². The Morgan fingerprint density at radius 1 is 1.02 bits per heavy atom. The average molecular weight is 646 g/mol. The van der Waals surface area contributed by atoms with Crippen molar-refractivity contribution in [3.05, 3.63) is 99.8 Å². The second-order valence-electron chi connectivity index (χ2n) is 11.5. The van der Waals surface area contributed by atoms with Gasteiger partial charge in [-0.2, -0.15) is 0 Å². The predicted molar refractivity (Wildman–Crippen MR) is 184 cm³/mol. The van der Waals surface area contributed by atoms with Gasteiger partial charge in [0.2, 0.25) is 5.91 Å². The zero-order valence-corrected chi connectivity index (χ0v) is 27.1. The van der Waals surface area contributed by atoms with Gasteiger partial charge in [-0.25, -0.2) is 0 Å². The summed E-state index contributed by atoms with van der Waals surface area (Å²) in [5.74, 6) is -0.155. The molecule has 2 heterocycles. The van der Waals surface area contributed by atoms with Crippen molar-refractivity contribution in [2.45, 2.75) is 57.8 Å². The first-order chi connectivity index (χ1) is 21.4. The van der Waals surface area contributed by atoms with Crippen LogP contribution in [-0.4, -0.2) is 35.0 Å². The van der Waals surface area contributed by atoms with E-state index in [1.165, 1.54) is 0 Å². The number of fused-ring (bicyclic) bond motifs is 3. The molecule has 3 aromatic carbocycles. The van der Waals surface area contributed by atoms with Gasteiger partial charge in [-0.3, -0.25) is 19.1 Å². The average Bonchev–Trinajstić information content (AvgIpc) is 3.33. The van der Waals surface area contributed by atoms with Crippen molar-refractivity contribution in [2.24, 2.45) is 5.73 Å². The molecular formula is C36H38Cl2N4O3. The summed E-state index contributed by atoms with van der Waals surface area (Å²) in [5, 5.41) is 5.71. The van der Waals surface area contributed by atoms with Crippen LogP contribution in [0.25, 0.3) is 21.8 Å². The molecule has 0 spiro atoms. The zero-order valence-electron chi connectivity index (χ0n) is 25.6. The van der Waals surface area contributed by atoms with Crippen LogP contribution in [0, 0.1) is 6.92 Å². The van der Waals surface area contributed by atoms with Crippen LogP contribution in [0.5, 0.6) is 5.75 Å². The third-order valence-corrected chi connectivity index (χ3v) is 9.04. The molecule has 234 valence electrons. The Bertz CT molecular complexity index is 1870. The number of carbonyl (C=O) groups excluding carboxylic acids is 2. The number of amides is 1. The molecule has 0 saturated heterocycles. The molecule has 3 N–H and O–H groups in total. The van der Waals surface area contributed by atoms with E-state index in [0.717, 1.165) is 88.5 Å². The van der Waals surface area contributed by atoms with Crippen molar-refractivity contribution in [3.8, 4) is 5.75 Å². The fourth-order valence-corrected chi connectivity index (χ4v) is 6.72. The van der Waals surface area contributed by atoms with Gasteiger partial charge in [0.05, 0.1) is 29.7 Å². The molecule has 5 aromatic rings. The molecule has 1 aliphatic carbocycles. The Balaban J connectivity index is 0.00000400. The molecule has 7 nitrogen and oxygen atoms in total. The number of aryl methyl sites for hydroxylation is 1. The number of ether oxygens (including phenoxy) is 1. The quantitative estimate of drug-likeness (QED) is 0.158. The number of unbranched alkanes of at least 4 members (excludes halogenated alkanes) is 1. The minimum atomic E-state index is -0.526. The Kier molecular flexibility index (Phi) is 10.1. The summed E-state index contributed by atoms with van der Waals surface area (Å²) in [4.78, 5) is 33.5. The van der Waals surface area contributed by atoms with Crippen LogP contribution in [0.1, 0.15) is 70.9 Å². The lowest BCUT2D eigenvalue weighted by Gasteiger charge is -2.24. The van der Waals surface area contributed by atoms with E-state index in [2.05, 4.69) is 5.32 Å². The summed E-state index contributed by atoms with van der Waals surface area (Å²) in [6.45, 7) is 2.46. The van der Waals surface area contributed by atoms with Crippen molar-refractivity contribution in [1.82, 2.24) is 9.55 Å². The molecule has 1 amide bonds. The van der Waals surface area contributed by atoms with Crippen molar-refractivity contribution in [1.29, 1.82) is 0 Å². The van der Waals surface area contributed by atoms with Gasteiger partial charge in [0, 0.05) is 32.7 Å². The van der Waals surface area contributed by atoms with Crippen molar-refractivity contribution in [2.75, 3.05) is 19.0 Å². The van der Waals surface area contributed by atoms with Gasteiger partial charge < -0.3 is 15.8 Å². The van der Waals surface area contributed by atoms with Crippen LogP contribution < -0.4 is 15.8 Å².